The molecule has 0 aromatic heterocycles. The van der Waals surface area contributed by atoms with Gasteiger partial charge in [-0.2, -0.15) is 12.8 Å². The Labute approximate surface area is 115 Å². The summed E-state index contributed by atoms with van der Waals surface area (Å²) < 4.78 is 26.0. The van der Waals surface area contributed by atoms with Crippen molar-refractivity contribution in [3.63, 3.8) is 0 Å². The fraction of sp³-hybridized carbons (Fsp3) is 0.100. The Kier molecular flexibility index (Phi) is 5.01. The molecule has 7 heteroatoms. The van der Waals surface area contributed by atoms with Crippen molar-refractivity contribution < 1.29 is 8.42 Å². The first-order chi connectivity index (χ1) is 7.82. The Balaban J connectivity index is 3.12. The third-order valence-corrected chi connectivity index (χ3v) is 3.51. The van der Waals surface area contributed by atoms with Gasteiger partial charge in [-0.25, -0.2) is 0 Å². The summed E-state index contributed by atoms with van der Waals surface area (Å²) in [7, 11) is -3.75. The molecule has 0 aliphatic rings. The van der Waals surface area contributed by atoms with Gasteiger partial charge in [-0.05, 0) is 25.1 Å². The monoisotopic (exact) mass is 311 g/mol. The molecule has 0 bridgehead atoms. The lowest BCUT2D eigenvalue weighted by Gasteiger charge is -2.00. The first-order valence-electron chi connectivity index (χ1n) is 4.41. The zero-order valence-electron chi connectivity index (χ0n) is 8.69. The number of sulfonamides is 1. The van der Waals surface area contributed by atoms with E-state index < -0.39 is 10.0 Å². The molecule has 0 atom stereocenters. The van der Waals surface area contributed by atoms with Crippen LogP contribution in [0.4, 0.5) is 0 Å². The van der Waals surface area contributed by atoms with Gasteiger partial charge in [0.2, 0.25) is 0 Å². The molecule has 1 aromatic carbocycles. The Bertz CT molecular complexity index is 555. The third kappa shape index (κ3) is 4.68. The summed E-state index contributed by atoms with van der Waals surface area (Å²) in [6, 6.07) is 4.88. The zero-order valence-corrected chi connectivity index (χ0v) is 11.8. The highest BCUT2D eigenvalue weighted by atomic mass is 35.5. The quantitative estimate of drug-likeness (QED) is 0.793. The first kappa shape index (κ1) is 14.5. The van der Waals surface area contributed by atoms with E-state index in [1.54, 1.807) is 18.2 Å². The number of rotatable bonds is 3. The normalized spacial score (nSPS) is 13.3. The van der Waals surface area contributed by atoms with E-state index in [0.29, 0.717) is 15.6 Å². The van der Waals surface area contributed by atoms with Crippen molar-refractivity contribution >= 4 is 56.1 Å². The molecule has 0 aliphatic carbocycles. The van der Waals surface area contributed by atoms with Crippen molar-refractivity contribution in [3.05, 3.63) is 39.2 Å². The molecule has 0 fully saturated rings. The Morgan fingerprint density at radius 3 is 2.29 bits per heavy atom. The van der Waals surface area contributed by atoms with Crippen LogP contribution in [0.3, 0.4) is 0 Å². The van der Waals surface area contributed by atoms with Crippen molar-refractivity contribution in [2.24, 2.45) is 4.40 Å². The SMILES string of the molecule is CC(Cl)=NS(=O)(=O)C=Cc1c(Cl)cccc1Cl. The highest BCUT2D eigenvalue weighted by Gasteiger charge is 2.06. The van der Waals surface area contributed by atoms with Crippen LogP contribution in [0.1, 0.15) is 12.5 Å². The minimum absolute atomic E-state index is 0.0695. The molecule has 3 nitrogen and oxygen atoms in total. The lowest BCUT2D eigenvalue weighted by atomic mass is 10.2. The number of halogens is 3. The summed E-state index contributed by atoms with van der Waals surface area (Å²) in [6.07, 6.45) is 1.28. The van der Waals surface area contributed by atoms with E-state index in [1.165, 1.54) is 13.0 Å². The molecule has 0 saturated carbocycles. The lowest BCUT2D eigenvalue weighted by Crippen LogP contribution is -1.92. The zero-order chi connectivity index (χ0) is 13.1. The van der Waals surface area contributed by atoms with Gasteiger partial charge >= 0.3 is 0 Å². The molecule has 0 unspecified atom stereocenters. The molecule has 0 aliphatic heterocycles. The van der Waals surface area contributed by atoms with Crippen LogP contribution in [0.5, 0.6) is 0 Å². The number of benzene rings is 1. The summed E-state index contributed by atoms with van der Waals surface area (Å²) in [5.74, 6) is 0. The van der Waals surface area contributed by atoms with Crippen LogP contribution in [-0.4, -0.2) is 13.6 Å². The van der Waals surface area contributed by atoms with Gasteiger partial charge in [-0.3, -0.25) is 0 Å². The summed E-state index contributed by atoms with van der Waals surface area (Å²) >= 11 is 17.1. The Hall–Kier alpha value is -0.550. The van der Waals surface area contributed by atoms with Gasteiger partial charge in [0.25, 0.3) is 10.0 Å². The molecule has 1 aromatic rings. The van der Waals surface area contributed by atoms with Gasteiger partial charge in [0.05, 0.1) is 5.41 Å². The number of nitrogens with zero attached hydrogens (tertiary/aromatic N) is 1. The van der Waals surface area contributed by atoms with E-state index in [2.05, 4.69) is 4.40 Å². The molecule has 0 amide bonds. The maximum Gasteiger partial charge on any atom is 0.276 e. The second-order valence-corrected chi connectivity index (χ2v) is 5.89. The fourth-order valence-corrected chi connectivity index (χ4v) is 2.56. The van der Waals surface area contributed by atoms with Crippen LogP contribution in [0, 0.1) is 0 Å². The van der Waals surface area contributed by atoms with Crippen molar-refractivity contribution in [3.8, 4) is 0 Å². The molecule has 0 heterocycles. The Morgan fingerprint density at radius 2 is 1.82 bits per heavy atom. The van der Waals surface area contributed by atoms with Crippen LogP contribution in [-0.2, 0) is 10.0 Å². The summed E-state index contributed by atoms with van der Waals surface area (Å²) in [5.41, 5.74) is 0.418. The maximum absolute atomic E-state index is 11.4. The highest BCUT2D eigenvalue weighted by molar-refractivity contribution is 7.93. The molecule has 0 spiro atoms. The van der Waals surface area contributed by atoms with Gasteiger partial charge in [-0.15, -0.1) is 0 Å². The van der Waals surface area contributed by atoms with Gasteiger partial charge in [0.1, 0.15) is 5.17 Å². The van der Waals surface area contributed by atoms with Crippen molar-refractivity contribution in [2.45, 2.75) is 6.92 Å². The van der Waals surface area contributed by atoms with E-state index in [1.807, 2.05) is 0 Å². The van der Waals surface area contributed by atoms with E-state index in [4.69, 9.17) is 34.8 Å². The topological polar surface area (TPSA) is 46.5 Å². The predicted molar refractivity (Wildman–Crippen MR) is 73.4 cm³/mol. The third-order valence-electron chi connectivity index (χ3n) is 1.66. The smallest absolute Gasteiger partial charge is 0.200 e. The van der Waals surface area contributed by atoms with Crippen LogP contribution in [0.15, 0.2) is 28.0 Å². The van der Waals surface area contributed by atoms with Gasteiger partial charge in [0, 0.05) is 15.6 Å². The second-order valence-electron chi connectivity index (χ2n) is 3.04. The van der Waals surface area contributed by atoms with Crippen LogP contribution in [0.2, 0.25) is 10.0 Å². The molecular weight excluding hydrogens is 305 g/mol. The first-order valence-corrected chi connectivity index (χ1v) is 7.05. The van der Waals surface area contributed by atoms with E-state index >= 15 is 0 Å². The minimum atomic E-state index is -3.75. The summed E-state index contributed by atoms with van der Waals surface area (Å²) in [4.78, 5) is 0. The molecule has 92 valence electrons. The Morgan fingerprint density at radius 1 is 1.29 bits per heavy atom. The van der Waals surface area contributed by atoms with E-state index in [-0.39, 0.29) is 5.17 Å². The van der Waals surface area contributed by atoms with E-state index in [9.17, 15) is 8.42 Å². The standard InChI is InChI=1S/C10H8Cl3NO2S/c1-7(11)14-17(15,16)6-5-8-9(12)3-2-4-10(8)13/h2-6H,1H3. The van der Waals surface area contributed by atoms with Crippen molar-refractivity contribution in [2.75, 3.05) is 0 Å². The van der Waals surface area contributed by atoms with Crippen LogP contribution in [0.25, 0.3) is 6.08 Å². The molecule has 1 rings (SSSR count). The molecular formula is C10H8Cl3NO2S. The molecule has 17 heavy (non-hydrogen) atoms. The predicted octanol–water partition coefficient (Wildman–Crippen LogP) is 3.95. The summed E-state index contributed by atoms with van der Waals surface area (Å²) in [6.45, 7) is 1.37. The average Bonchev–Trinajstić information content (AvgIpc) is 2.14. The fourth-order valence-electron chi connectivity index (χ4n) is 1.03. The van der Waals surface area contributed by atoms with Gasteiger partial charge in [0.15, 0.2) is 0 Å². The average molecular weight is 313 g/mol. The molecule has 0 N–H and O–H groups in total. The van der Waals surface area contributed by atoms with Crippen LogP contribution < -0.4 is 0 Å². The number of hydrogen-bond acceptors (Lipinski definition) is 2. The number of hydrogen-bond donors (Lipinski definition) is 0. The van der Waals surface area contributed by atoms with Crippen LogP contribution >= 0.6 is 34.8 Å². The highest BCUT2D eigenvalue weighted by Crippen LogP contribution is 2.25. The summed E-state index contributed by atoms with van der Waals surface area (Å²) in [5, 5.41) is 1.54. The molecule has 0 saturated heterocycles. The maximum atomic E-state index is 11.4. The largest absolute Gasteiger partial charge is 0.276 e. The van der Waals surface area contributed by atoms with Gasteiger partial charge in [-0.1, -0.05) is 40.9 Å². The lowest BCUT2D eigenvalue weighted by molar-refractivity contribution is 0.606. The second kappa shape index (κ2) is 5.87. The molecule has 0 radical (unpaired) electrons. The van der Waals surface area contributed by atoms with E-state index in [0.717, 1.165) is 5.41 Å². The van der Waals surface area contributed by atoms with Crippen molar-refractivity contribution in [1.82, 2.24) is 0 Å². The van der Waals surface area contributed by atoms with Crippen molar-refractivity contribution in [1.29, 1.82) is 0 Å². The van der Waals surface area contributed by atoms with Gasteiger partial charge < -0.3 is 0 Å². The minimum Gasteiger partial charge on any atom is -0.200 e.